The van der Waals surface area contributed by atoms with Crippen LogP contribution in [0.25, 0.3) is 28.2 Å². The number of benzene rings is 2. The van der Waals surface area contributed by atoms with Crippen molar-refractivity contribution in [2.24, 2.45) is 0 Å². The molecule has 4 rings (SSSR count). The van der Waals surface area contributed by atoms with E-state index in [1.54, 1.807) is 30.3 Å². The van der Waals surface area contributed by atoms with E-state index in [2.05, 4.69) is 15.4 Å². The molecule has 0 saturated carbocycles. The molecule has 0 aliphatic rings. The van der Waals surface area contributed by atoms with Crippen molar-refractivity contribution in [2.45, 2.75) is 6.18 Å². The minimum atomic E-state index is -4.43. The number of nitrogens with zero attached hydrogens (tertiary/aromatic N) is 3. The highest BCUT2D eigenvalue weighted by atomic mass is 35.5. The molecule has 1 N–H and O–H groups in total. The van der Waals surface area contributed by atoms with Crippen LogP contribution in [-0.2, 0) is 6.18 Å². The van der Waals surface area contributed by atoms with Gasteiger partial charge >= 0.3 is 6.18 Å². The standard InChI is InChI=1S/C21H14ClF3N4O/c1-26-20(30)17-18(14-4-2-3-5-15(14)22)28-29-16(10-11-27-19(17)29)12-6-8-13(9-7-12)21(23,24)25/h2-11H,1H3,(H,26,30). The van der Waals surface area contributed by atoms with Crippen LogP contribution < -0.4 is 5.32 Å². The summed E-state index contributed by atoms with van der Waals surface area (Å²) in [6.45, 7) is 0. The van der Waals surface area contributed by atoms with E-state index in [0.717, 1.165) is 12.1 Å². The lowest BCUT2D eigenvalue weighted by molar-refractivity contribution is -0.137. The van der Waals surface area contributed by atoms with Crippen LogP contribution in [0.1, 0.15) is 15.9 Å². The molecule has 0 atom stereocenters. The maximum atomic E-state index is 12.9. The molecule has 4 aromatic rings. The monoisotopic (exact) mass is 430 g/mol. The molecule has 2 aromatic heterocycles. The number of rotatable bonds is 3. The van der Waals surface area contributed by atoms with E-state index < -0.39 is 17.6 Å². The quantitative estimate of drug-likeness (QED) is 0.492. The smallest absolute Gasteiger partial charge is 0.355 e. The van der Waals surface area contributed by atoms with E-state index >= 15 is 0 Å². The van der Waals surface area contributed by atoms with Crippen molar-refractivity contribution in [1.82, 2.24) is 19.9 Å². The lowest BCUT2D eigenvalue weighted by Gasteiger charge is -2.08. The number of hydrogen-bond acceptors (Lipinski definition) is 3. The molecule has 0 bridgehead atoms. The number of carbonyl (C=O) groups excluding carboxylic acids is 1. The summed E-state index contributed by atoms with van der Waals surface area (Å²) in [7, 11) is 1.49. The number of halogens is 4. The summed E-state index contributed by atoms with van der Waals surface area (Å²) in [5.74, 6) is -0.406. The summed E-state index contributed by atoms with van der Waals surface area (Å²) in [6, 6.07) is 13.3. The van der Waals surface area contributed by atoms with Crippen LogP contribution in [0.5, 0.6) is 0 Å². The van der Waals surface area contributed by atoms with Gasteiger partial charge in [0.2, 0.25) is 0 Å². The van der Waals surface area contributed by atoms with Crippen LogP contribution in [0.2, 0.25) is 5.02 Å². The Morgan fingerprint density at radius 1 is 1.07 bits per heavy atom. The van der Waals surface area contributed by atoms with E-state index in [4.69, 9.17) is 11.6 Å². The van der Waals surface area contributed by atoms with Gasteiger partial charge in [0.25, 0.3) is 5.91 Å². The normalized spacial score (nSPS) is 11.6. The molecule has 0 aliphatic heterocycles. The summed E-state index contributed by atoms with van der Waals surface area (Å²) in [5.41, 5.74) is 1.58. The summed E-state index contributed by atoms with van der Waals surface area (Å²) < 4.78 is 40.1. The predicted molar refractivity (Wildman–Crippen MR) is 107 cm³/mol. The predicted octanol–water partition coefficient (Wildman–Crippen LogP) is 5.10. The molecule has 9 heteroatoms. The molecular weight excluding hydrogens is 417 g/mol. The van der Waals surface area contributed by atoms with Gasteiger partial charge in [0.1, 0.15) is 11.3 Å². The second-order valence-corrected chi connectivity index (χ2v) is 6.83. The zero-order valence-electron chi connectivity index (χ0n) is 15.5. The fourth-order valence-electron chi connectivity index (χ4n) is 3.17. The number of hydrogen-bond donors (Lipinski definition) is 1. The van der Waals surface area contributed by atoms with Gasteiger partial charge in [-0.15, -0.1) is 0 Å². The number of amides is 1. The Morgan fingerprint density at radius 3 is 2.40 bits per heavy atom. The van der Waals surface area contributed by atoms with Crippen molar-refractivity contribution >= 4 is 23.2 Å². The molecule has 2 aromatic carbocycles. The first-order valence-corrected chi connectivity index (χ1v) is 9.21. The Bertz CT molecular complexity index is 1250. The van der Waals surface area contributed by atoms with Gasteiger partial charge in [-0.25, -0.2) is 9.50 Å². The lowest BCUT2D eigenvalue weighted by atomic mass is 10.1. The minimum Gasteiger partial charge on any atom is -0.355 e. The van der Waals surface area contributed by atoms with Gasteiger partial charge in [0.15, 0.2) is 5.65 Å². The number of fused-ring (bicyclic) bond motifs is 1. The molecule has 5 nitrogen and oxygen atoms in total. The molecule has 0 fully saturated rings. The summed E-state index contributed by atoms with van der Waals surface area (Å²) >= 11 is 6.32. The van der Waals surface area contributed by atoms with E-state index in [9.17, 15) is 18.0 Å². The third kappa shape index (κ3) is 3.39. The molecule has 0 unspecified atom stereocenters. The fraction of sp³-hybridized carbons (Fsp3) is 0.0952. The van der Waals surface area contributed by atoms with Gasteiger partial charge in [-0.1, -0.05) is 41.9 Å². The van der Waals surface area contributed by atoms with Gasteiger partial charge in [0.05, 0.1) is 16.3 Å². The topological polar surface area (TPSA) is 59.3 Å². The molecule has 0 radical (unpaired) electrons. The first-order valence-electron chi connectivity index (χ1n) is 8.83. The van der Waals surface area contributed by atoms with Gasteiger partial charge in [-0.2, -0.15) is 18.3 Å². The van der Waals surface area contributed by atoms with Crippen LogP contribution in [-0.4, -0.2) is 27.6 Å². The second kappa shape index (κ2) is 7.46. The highest BCUT2D eigenvalue weighted by molar-refractivity contribution is 6.33. The zero-order valence-corrected chi connectivity index (χ0v) is 16.3. The number of carbonyl (C=O) groups is 1. The zero-order chi connectivity index (χ0) is 21.5. The van der Waals surface area contributed by atoms with Crippen molar-refractivity contribution in [2.75, 3.05) is 7.05 Å². The van der Waals surface area contributed by atoms with Gasteiger partial charge in [-0.3, -0.25) is 4.79 Å². The first-order chi connectivity index (χ1) is 14.3. The molecule has 30 heavy (non-hydrogen) atoms. The maximum absolute atomic E-state index is 12.9. The van der Waals surface area contributed by atoms with Crippen molar-refractivity contribution in [1.29, 1.82) is 0 Å². The van der Waals surface area contributed by atoms with Crippen LogP contribution in [0.4, 0.5) is 13.2 Å². The molecular formula is C21H14ClF3N4O. The minimum absolute atomic E-state index is 0.222. The Morgan fingerprint density at radius 2 is 1.77 bits per heavy atom. The van der Waals surface area contributed by atoms with Gasteiger partial charge < -0.3 is 5.32 Å². The third-order valence-electron chi connectivity index (χ3n) is 4.61. The molecule has 0 saturated heterocycles. The molecule has 0 spiro atoms. The first kappa shape index (κ1) is 19.9. The largest absolute Gasteiger partial charge is 0.416 e. The Kier molecular flexibility index (Phi) is 4.95. The number of nitrogens with one attached hydrogen (secondary N) is 1. The molecule has 152 valence electrons. The summed E-state index contributed by atoms with van der Waals surface area (Å²) in [4.78, 5) is 16.9. The van der Waals surface area contributed by atoms with E-state index in [-0.39, 0.29) is 11.2 Å². The van der Waals surface area contributed by atoms with Crippen molar-refractivity contribution < 1.29 is 18.0 Å². The van der Waals surface area contributed by atoms with E-state index in [0.29, 0.717) is 27.5 Å². The average molecular weight is 431 g/mol. The van der Waals surface area contributed by atoms with Crippen LogP contribution in [0, 0.1) is 0 Å². The highest BCUT2D eigenvalue weighted by Gasteiger charge is 2.30. The molecule has 0 aliphatic carbocycles. The Labute approximate surface area is 174 Å². The SMILES string of the molecule is CNC(=O)c1c(-c2ccccc2Cl)nn2c(-c3ccc(C(F)(F)F)cc3)ccnc12. The van der Waals surface area contributed by atoms with Crippen LogP contribution in [0.15, 0.2) is 60.8 Å². The lowest BCUT2D eigenvalue weighted by Crippen LogP contribution is -2.18. The van der Waals surface area contributed by atoms with Gasteiger partial charge in [-0.05, 0) is 24.3 Å². The number of alkyl halides is 3. The summed E-state index contributed by atoms with van der Waals surface area (Å²) in [5, 5.41) is 7.52. The summed E-state index contributed by atoms with van der Waals surface area (Å²) in [6.07, 6.45) is -2.95. The Balaban J connectivity index is 1.96. The molecule has 2 heterocycles. The van der Waals surface area contributed by atoms with E-state index in [1.807, 2.05) is 0 Å². The van der Waals surface area contributed by atoms with Crippen molar-refractivity contribution in [3.05, 3.63) is 76.9 Å². The Hall–Kier alpha value is -3.39. The van der Waals surface area contributed by atoms with Crippen LogP contribution in [0.3, 0.4) is 0 Å². The highest BCUT2D eigenvalue weighted by Crippen LogP contribution is 2.34. The average Bonchev–Trinajstić information content (AvgIpc) is 3.12. The van der Waals surface area contributed by atoms with Crippen molar-refractivity contribution in [3.63, 3.8) is 0 Å². The maximum Gasteiger partial charge on any atom is 0.416 e. The van der Waals surface area contributed by atoms with Gasteiger partial charge in [0, 0.05) is 24.4 Å². The third-order valence-corrected chi connectivity index (χ3v) is 4.94. The van der Waals surface area contributed by atoms with Crippen LogP contribution >= 0.6 is 11.6 Å². The number of aromatic nitrogens is 3. The van der Waals surface area contributed by atoms with Crippen molar-refractivity contribution in [3.8, 4) is 22.5 Å². The van der Waals surface area contributed by atoms with E-state index in [1.165, 1.54) is 29.9 Å². The molecule has 1 amide bonds. The second-order valence-electron chi connectivity index (χ2n) is 6.42. The fourth-order valence-corrected chi connectivity index (χ4v) is 3.40.